The number of halogens is 1. The van der Waals surface area contributed by atoms with E-state index < -0.39 is 0 Å². The van der Waals surface area contributed by atoms with Crippen molar-refractivity contribution in [2.24, 2.45) is 0 Å². The van der Waals surface area contributed by atoms with E-state index in [0.717, 1.165) is 11.3 Å². The average molecular weight is 335 g/mol. The molecule has 0 fully saturated rings. The van der Waals surface area contributed by atoms with Gasteiger partial charge in [0.1, 0.15) is 11.5 Å². The molecule has 1 amide bonds. The van der Waals surface area contributed by atoms with E-state index in [1.165, 1.54) is 0 Å². The van der Waals surface area contributed by atoms with Crippen molar-refractivity contribution >= 4 is 23.2 Å². The van der Waals surface area contributed by atoms with Crippen LogP contribution in [0.1, 0.15) is 5.56 Å². The van der Waals surface area contributed by atoms with E-state index in [1.54, 1.807) is 32.4 Å². The minimum absolute atomic E-state index is 0.152. The third-order valence-electron chi connectivity index (χ3n) is 3.23. The Hall–Kier alpha value is -2.24. The Morgan fingerprint density at radius 3 is 2.52 bits per heavy atom. The minimum atomic E-state index is -0.152. The van der Waals surface area contributed by atoms with Gasteiger partial charge < -0.3 is 20.1 Å². The van der Waals surface area contributed by atoms with Crippen molar-refractivity contribution in [2.45, 2.75) is 6.54 Å². The first kappa shape index (κ1) is 17.1. The molecule has 23 heavy (non-hydrogen) atoms. The predicted molar refractivity (Wildman–Crippen MR) is 91.3 cm³/mol. The summed E-state index contributed by atoms with van der Waals surface area (Å²) in [6.07, 6.45) is 0. The zero-order chi connectivity index (χ0) is 16.7. The van der Waals surface area contributed by atoms with Gasteiger partial charge in [-0.3, -0.25) is 4.79 Å². The van der Waals surface area contributed by atoms with Crippen molar-refractivity contribution in [1.29, 1.82) is 0 Å². The molecule has 122 valence electrons. The average Bonchev–Trinajstić information content (AvgIpc) is 2.55. The summed E-state index contributed by atoms with van der Waals surface area (Å²) in [6.45, 7) is 0.725. The molecule has 2 aromatic carbocycles. The van der Waals surface area contributed by atoms with Gasteiger partial charge in [-0.05, 0) is 24.3 Å². The maximum absolute atomic E-state index is 11.9. The number of anilines is 1. The van der Waals surface area contributed by atoms with Crippen LogP contribution < -0.4 is 20.1 Å². The highest BCUT2D eigenvalue weighted by Gasteiger charge is 2.06. The Labute approximate surface area is 140 Å². The Kier molecular flexibility index (Phi) is 6.26. The van der Waals surface area contributed by atoms with Gasteiger partial charge in [0.25, 0.3) is 0 Å². The number of rotatable bonds is 7. The number of para-hydroxylation sites is 1. The molecule has 0 saturated carbocycles. The summed E-state index contributed by atoms with van der Waals surface area (Å²) in [5.41, 5.74) is 1.62. The largest absolute Gasteiger partial charge is 0.496 e. The maximum atomic E-state index is 11.9. The summed E-state index contributed by atoms with van der Waals surface area (Å²) in [4.78, 5) is 11.9. The number of hydrogen-bond donors (Lipinski definition) is 2. The molecule has 0 heterocycles. The Morgan fingerprint density at radius 1 is 1.09 bits per heavy atom. The first-order chi connectivity index (χ1) is 11.1. The van der Waals surface area contributed by atoms with Crippen LogP contribution in [0.2, 0.25) is 5.02 Å². The number of methoxy groups -OCH3 is 2. The summed E-state index contributed by atoms with van der Waals surface area (Å²) in [5, 5.41) is 6.31. The molecule has 0 aliphatic carbocycles. The first-order valence-electron chi connectivity index (χ1n) is 7.10. The van der Waals surface area contributed by atoms with Gasteiger partial charge in [-0.15, -0.1) is 0 Å². The number of amides is 1. The van der Waals surface area contributed by atoms with Crippen LogP contribution in [-0.2, 0) is 11.3 Å². The number of ether oxygens (including phenoxy) is 2. The van der Waals surface area contributed by atoms with Crippen molar-refractivity contribution in [2.75, 3.05) is 26.1 Å². The molecular formula is C17H19ClN2O3. The van der Waals surface area contributed by atoms with Gasteiger partial charge in [-0.2, -0.15) is 0 Å². The van der Waals surface area contributed by atoms with Crippen LogP contribution in [0.25, 0.3) is 0 Å². The zero-order valence-corrected chi connectivity index (χ0v) is 13.8. The van der Waals surface area contributed by atoms with E-state index in [9.17, 15) is 4.79 Å². The van der Waals surface area contributed by atoms with Crippen LogP contribution in [0.15, 0.2) is 42.5 Å². The van der Waals surface area contributed by atoms with Crippen molar-refractivity contribution in [3.8, 4) is 11.5 Å². The lowest BCUT2D eigenvalue weighted by Crippen LogP contribution is -2.27. The second-order valence-electron chi connectivity index (χ2n) is 4.81. The van der Waals surface area contributed by atoms with E-state index in [-0.39, 0.29) is 12.5 Å². The van der Waals surface area contributed by atoms with Crippen molar-refractivity contribution in [3.05, 3.63) is 53.1 Å². The molecular weight excluding hydrogens is 316 g/mol. The Bertz CT molecular complexity index is 677. The molecule has 0 aliphatic heterocycles. The van der Waals surface area contributed by atoms with E-state index in [0.29, 0.717) is 23.0 Å². The summed E-state index contributed by atoms with van der Waals surface area (Å²) in [6, 6.07) is 12.8. The fraction of sp³-hybridized carbons (Fsp3) is 0.235. The molecule has 5 nitrogen and oxygen atoms in total. The Morgan fingerprint density at radius 2 is 1.83 bits per heavy atom. The van der Waals surface area contributed by atoms with Crippen molar-refractivity contribution in [1.82, 2.24) is 5.32 Å². The SMILES string of the molecule is COc1ccc(NC(=O)CNCc2ccccc2OC)cc1Cl. The molecule has 0 saturated heterocycles. The monoisotopic (exact) mass is 334 g/mol. The molecule has 0 unspecified atom stereocenters. The standard InChI is InChI=1S/C17H19ClN2O3/c1-22-15-6-4-3-5-12(15)10-19-11-17(21)20-13-7-8-16(23-2)14(18)9-13/h3-9,19H,10-11H2,1-2H3,(H,20,21). The normalized spacial score (nSPS) is 10.2. The summed E-state index contributed by atoms with van der Waals surface area (Å²) in [5.74, 6) is 1.21. The highest BCUT2D eigenvalue weighted by molar-refractivity contribution is 6.32. The molecule has 2 rings (SSSR count). The smallest absolute Gasteiger partial charge is 0.238 e. The van der Waals surface area contributed by atoms with E-state index in [1.807, 2.05) is 24.3 Å². The molecule has 0 bridgehead atoms. The zero-order valence-electron chi connectivity index (χ0n) is 13.1. The highest BCUT2D eigenvalue weighted by Crippen LogP contribution is 2.27. The first-order valence-corrected chi connectivity index (χ1v) is 7.48. The molecule has 6 heteroatoms. The second kappa shape index (κ2) is 8.41. The van der Waals surface area contributed by atoms with Gasteiger partial charge in [0.15, 0.2) is 0 Å². The molecule has 0 atom stereocenters. The van der Waals surface area contributed by atoms with Crippen LogP contribution in [0.3, 0.4) is 0 Å². The van der Waals surface area contributed by atoms with E-state index in [4.69, 9.17) is 21.1 Å². The summed E-state index contributed by atoms with van der Waals surface area (Å²) in [7, 11) is 3.17. The van der Waals surface area contributed by atoms with Crippen LogP contribution in [0, 0.1) is 0 Å². The van der Waals surface area contributed by atoms with E-state index in [2.05, 4.69) is 10.6 Å². The van der Waals surface area contributed by atoms with Gasteiger partial charge in [0, 0.05) is 17.8 Å². The van der Waals surface area contributed by atoms with E-state index >= 15 is 0 Å². The molecule has 2 N–H and O–H groups in total. The number of carbonyl (C=O) groups is 1. The quantitative estimate of drug-likeness (QED) is 0.817. The summed E-state index contributed by atoms with van der Waals surface area (Å²) >= 11 is 6.02. The van der Waals surface area contributed by atoms with Crippen LogP contribution in [-0.4, -0.2) is 26.7 Å². The fourth-order valence-corrected chi connectivity index (χ4v) is 2.37. The van der Waals surface area contributed by atoms with Gasteiger partial charge in [-0.25, -0.2) is 0 Å². The molecule has 0 radical (unpaired) electrons. The van der Waals surface area contributed by atoms with Gasteiger partial charge >= 0.3 is 0 Å². The van der Waals surface area contributed by atoms with Gasteiger partial charge in [0.05, 0.1) is 25.8 Å². The number of nitrogens with one attached hydrogen (secondary N) is 2. The molecule has 0 spiro atoms. The molecule has 0 aliphatic rings. The maximum Gasteiger partial charge on any atom is 0.238 e. The Balaban J connectivity index is 1.84. The summed E-state index contributed by atoms with van der Waals surface area (Å²) < 4.78 is 10.3. The van der Waals surface area contributed by atoms with Crippen molar-refractivity contribution in [3.63, 3.8) is 0 Å². The predicted octanol–water partition coefficient (Wildman–Crippen LogP) is 3.09. The third kappa shape index (κ3) is 4.87. The van der Waals surface area contributed by atoms with Crippen molar-refractivity contribution < 1.29 is 14.3 Å². The number of hydrogen-bond acceptors (Lipinski definition) is 4. The molecule has 0 aromatic heterocycles. The lowest BCUT2D eigenvalue weighted by Gasteiger charge is -2.10. The van der Waals surface area contributed by atoms with Gasteiger partial charge in [0.2, 0.25) is 5.91 Å². The third-order valence-corrected chi connectivity index (χ3v) is 3.52. The lowest BCUT2D eigenvalue weighted by atomic mass is 10.2. The molecule has 2 aromatic rings. The minimum Gasteiger partial charge on any atom is -0.496 e. The highest BCUT2D eigenvalue weighted by atomic mass is 35.5. The topological polar surface area (TPSA) is 59.6 Å². The second-order valence-corrected chi connectivity index (χ2v) is 5.22. The lowest BCUT2D eigenvalue weighted by molar-refractivity contribution is -0.115. The van der Waals surface area contributed by atoms with Crippen LogP contribution >= 0.6 is 11.6 Å². The van der Waals surface area contributed by atoms with Crippen LogP contribution in [0.5, 0.6) is 11.5 Å². The van der Waals surface area contributed by atoms with Crippen LogP contribution in [0.4, 0.5) is 5.69 Å². The number of benzene rings is 2. The van der Waals surface area contributed by atoms with Gasteiger partial charge in [-0.1, -0.05) is 29.8 Å². The fourth-order valence-electron chi connectivity index (χ4n) is 2.11. The number of carbonyl (C=O) groups excluding carboxylic acids is 1.